The fraction of sp³-hybridized carbons (Fsp3) is 0.182. The number of ether oxygens (including phenoxy) is 1. The summed E-state index contributed by atoms with van der Waals surface area (Å²) in [7, 11) is 0. The molecule has 3 rings (SSSR count). The predicted molar refractivity (Wildman–Crippen MR) is 104 cm³/mol. The van der Waals surface area contributed by atoms with Gasteiger partial charge >= 0.3 is 0 Å². The monoisotopic (exact) mass is 351 g/mol. The smallest absolute Gasteiger partial charge is 0.120 e. The number of halogens is 1. The normalized spacial score (nSPS) is 10.6. The van der Waals surface area contributed by atoms with Crippen LogP contribution >= 0.6 is 11.6 Å². The zero-order valence-electron chi connectivity index (χ0n) is 14.3. The van der Waals surface area contributed by atoms with Crippen molar-refractivity contribution >= 4 is 11.6 Å². The van der Waals surface area contributed by atoms with Gasteiger partial charge in [0.25, 0.3) is 0 Å². The Morgan fingerprint density at radius 1 is 0.840 bits per heavy atom. The van der Waals surface area contributed by atoms with Crippen molar-refractivity contribution in [2.24, 2.45) is 0 Å². The number of rotatable bonds is 7. The van der Waals surface area contributed by atoms with Gasteiger partial charge in [-0.05, 0) is 47.4 Å². The third-order valence-corrected chi connectivity index (χ3v) is 4.53. The molecule has 0 spiro atoms. The fourth-order valence-corrected chi connectivity index (χ4v) is 2.86. The minimum Gasteiger partial charge on any atom is -0.489 e. The largest absolute Gasteiger partial charge is 0.489 e. The first-order valence-electron chi connectivity index (χ1n) is 8.43. The minimum atomic E-state index is 0.586. The van der Waals surface area contributed by atoms with Gasteiger partial charge in [-0.25, -0.2) is 0 Å². The van der Waals surface area contributed by atoms with Gasteiger partial charge in [-0.15, -0.1) is 0 Å². The van der Waals surface area contributed by atoms with Crippen LogP contribution in [0.1, 0.15) is 22.3 Å². The molecule has 0 bridgehead atoms. The summed E-state index contributed by atoms with van der Waals surface area (Å²) in [6.45, 7) is 4.21. The van der Waals surface area contributed by atoms with E-state index >= 15 is 0 Å². The van der Waals surface area contributed by atoms with E-state index in [1.54, 1.807) is 0 Å². The van der Waals surface area contributed by atoms with Crippen LogP contribution in [0.2, 0.25) is 5.02 Å². The lowest BCUT2D eigenvalue weighted by atomic mass is 10.1. The molecule has 0 radical (unpaired) electrons. The van der Waals surface area contributed by atoms with Crippen LogP contribution in [-0.2, 0) is 19.7 Å². The predicted octanol–water partition coefficient (Wildman–Crippen LogP) is 5.52. The van der Waals surface area contributed by atoms with Crippen molar-refractivity contribution in [1.29, 1.82) is 0 Å². The lowest BCUT2D eigenvalue weighted by molar-refractivity contribution is 0.305. The quantitative estimate of drug-likeness (QED) is 0.605. The molecule has 0 saturated heterocycles. The molecule has 128 valence electrons. The molecule has 0 aliphatic rings. The first kappa shape index (κ1) is 17.5. The Kier molecular flexibility index (Phi) is 6.10. The first-order chi connectivity index (χ1) is 12.2. The van der Waals surface area contributed by atoms with Crippen LogP contribution < -0.4 is 10.1 Å². The SMILES string of the molecule is Cc1ccccc1COc1cccc(CNCc2ccccc2Cl)c1. The lowest BCUT2D eigenvalue weighted by Crippen LogP contribution is -2.13. The molecule has 0 aliphatic carbocycles. The molecule has 2 nitrogen and oxygen atoms in total. The van der Waals surface area contributed by atoms with Crippen molar-refractivity contribution in [3.05, 3.63) is 100 Å². The molecule has 25 heavy (non-hydrogen) atoms. The maximum absolute atomic E-state index is 6.18. The highest BCUT2D eigenvalue weighted by atomic mass is 35.5. The Morgan fingerprint density at radius 3 is 2.40 bits per heavy atom. The highest BCUT2D eigenvalue weighted by Gasteiger charge is 2.02. The van der Waals surface area contributed by atoms with Gasteiger partial charge in [0.15, 0.2) is 0 Å². The van der Waals surface area contributed by atoms with Crippen LogP contribution in [0.4, 0.5) is 0 Å². The van der Waals surface area contributed by atoms with Crippen molar-refractivity contribution in [2.75, 3.05) is 0 Å². The highest BCUT2D eigenvalue weighted by Crippen LogP contribution is 2.18. The standard InChI is InChI=1S/C22H22ClNO/c1-17-7-2-3-10-20(17)16-25-21-11-6-8-18(13-21)14-24-15-19-9-4-5-12-22(19)23/h2-13,24H,14-16H2,1H3. The van der Waals surface area contributed by atoms with E-state index in [-0.39, 0.29) is 0 Å². The summed E-state index contributed by atoms with van der Waals surface area (Å²) in [5.41, 5.74) is 4.76. The highest BCUT2D eigenvalue weighted by molar-refractivity contribution is 6.31. The molecule has 1 N–H and O–H groups in total. The second-order valence-electron chi connectivity index (χ2n) is 6.06. The van der Waals surface area contributed by atoms with Gasteiger partial charge in [0, 0.05) is 18.1 Å². The van der Waals surface area contributed by atoms with E-state index in [0.717, 1.165) is 29.4 Å². The van der Waals surface area contributed by atoms with Gasteiger partial charge in [-0.3, -0.25) is 0 Å². The molecular weight excluding hydrogens is 330 g/mol. The Bertz CT molecular complexity index is 832. The molecule has 0 atom stereocenters. The molecular formula is C22H22ClNO. The topological polar surface area (TPSA) is 21.3 Å². The first-order valence-corrected chi connectivity index (χ1v) is 8.80. The lowest BCUT2D eigenvalue weighted by Gasteiger charge is -2.11. The third-order valence-electron chi connectivity index (χ3n) is 4.16. The van der Waals surface area contributed by atoms with Crippen molar-refractivity contribution in [1.82, 2.24) is 5.32 Å². The van der Waals surface area contributed by atoms with E-state index < -0.39 is 0 Å². The van der Waals surface area contributed by atoms with Crippen molar-refractivity contribution in [3.8, 4) is 5.75 Å². The van der Waals surface area contributed by atoms with Crippen molar-refractivity contribution in [3.63, 3.8) is 0 Å². The van der Waals surface area contributed by atoms with Gasteiger partial charge in [0.2, 0.25) is 0 Å². The molecule has 0 fully saturated rings. The molecule has 0 unspecified atom stereocenters. The van der Waals surface area contributed by atoms with E-state index in [0.29, 0.717) is 6.61 Å². The summed E-state index contributed by atoms with van der Waals surface area (Å²) in [6, 6.07) is 24.4. The maximum atomic E-state index is 6.18. The number of hydrogen-bond acceptors (Lipinski definition) is 2. The van der Waals surface area contributed by atoms with Crippen LogP contribution in [0.5, 0.6) is 5.75 Å². The Morgan fingerprint density at radius 2 is 1.60 bits per heavy atom. The third kappa shape index (κ3) is 5.09. The molecule has 3 aromatic rings. The summed E-state index contributed by atoms with van der Waals surface area (Å²) < 4.78 is 5.95. The Labute approximate surface area is 154 Å². The van der Waals surface area contributed by atoms with Crippen LogP contribution in [-0.4, -0.2) is 0 Å². The van der Waals surface area contributed by atoms with Crippen LogP contribution in [0, 0.1) is 6.92 Å². The molecule has 3 aromatic carbocycles. The summed E-state index contributed by atoms with van der Waals surface area (Å²) in [5.74, 6) is 0.889. The zero-order valence-corrected chi connectivity index (χ0v) is 15.1. The van der Waals surface area contributed by atoms with Crippen molar-refractivity contribution < 1.29 is 4.74 Å². The molecule has 0 heterocycles. The molecule has 0 aromatic heterocycles. The van der Waals surface area contributed by atoms with E-state index in [9.17, 15) is 0 Å². The molecule has 3 heteroatoms. The van der Waals surface area contributed by atoms with E-state index in [4.69, 9.17) is 16.3 Å². The van der Waals surface area contributed by atoms with Crippen LogP contribution in [0.15, 0.2) is 72.8 Å². The summed E-state index contributed by atoms with van der Waals surface area (Å²) in [6.07, 6.45) is 0. The van der Waals surface area contributed by atoms with E-state index in [1.807, 2.05) is 48.5 Å². The second-order valence-corrected chi connectivity index (χ2v) is 6.46. The number of nitrogens with one attached hydrogen (secondary N) is 1. The molecule has 0 saturated carbocycles. The minimum absolute atomic E-state index is 0.586. The van der Waals surface area contributed by atoms with E-state index in [1.165, 1.54) is 16.7 Å². The summed E-state index contributed by atoms with van der Waals surface area (Å²) in [5, 5.41) is 4.23. The molecule has 0 aliphatic heterocycles. The van der Waals surface area contributed by atoms with Gasteiger partial charge in [-0.1, -0.05) is 66.2 Å². The van der Waals surface area contributed by atoms with Gasteiger partial charge < -0.3 is 10.1 Å². The summed E-state index contributed by atoms with van der Waals surface area (Å²) in [4.78, 5) is 0. The van der Waals surface area contributed by atoms with E-state index in [2.05, 4.69) is 36.5 Å². The zero-order chi connectivity index (χ0) is 17.5. The van der Waals surface area contributed by atoms with Gasteiger partial charge in [0.05, 0.1) is 0 Å². The maximum Gasteiger partial charge on any atom is 0.120 e. The molecule has 0 amide bonds. The fourth-order valence-electron chi connectivity index (χ4n) is 2.66. The van der Waals surface area contributed by atoms with Crippen LogP contribution in [0.3, 0.4) is 0 Å². The number of hydrogen-bond donors (Lipinski definition) is 1. The number of aryl methyl sites for hydroxylation is 1. The van der Waals surface area contributed by atoms with Gasteiger partial charge in [0.1, 0.15) is 12.4 Å². The average molecular weight is 352 g/mol. The second kappa shape index (κ2) is 8.70. The number of benzene rings is 3. The summed E-state index contributed by atoms with van der Waals surface area (Å²) >= 11 is 6.18. The van der Waals surface area contributed by atoms with Crippen LogP contribution in [0.25, 0.3) is 0 Å². The Balaban J connectivity index is 1.54. The van der Waals surface area contributed by atoms with Crippen molar-refractivity contribution in [2.45, 2.75) is 26.6 Å². The van der Waals surface area contributed by atoms with Gasteiger partial charge in [-0.2, -0.15) is 0 Å². The average Bonchev–Trinajstić information content (AvgIpc) is 2.63. The Hall–Kier alpha value is -2.29.